The molecule has 0 spiro atoms. The van der Waals surface area contributed by atoms with Gasteiger partial charge in [0.25, 0.3) is 0 Å². The lowest BCUT2D eigenvalue weighted by molar-refractivity contribution is 0.180. The van der Waals surface area contributed by atoms with Crippen molar-refractivity contribution in [1.29, 1.82) is 0 Å². The van der Waals surface area contributed by atoms with E-state index >= 15 is 0 Å². The van der Waals surface area contributed by atoms with Crippen LogP contribution in [0.3, 0.4) is 0 Å². The van der Waals surface area contributed by atoms with Crippen LogP contribution in [-0.2, 0) is 0 Å². The summed E-state index contributed by atoms with van der Waals surface area (Å²) in [5, 5.41) is 0. The molecule has 1 atom stereocenters. The summed E-state index contributed by atoms with van der Waals surface area (Å²) in [6.07, 6.45) is 5.38. The lowest BCUT2D eigenvalue weighted by Crippen LogP contribution is -2.36. The number of nitrogens with two attached hydrogens (primary N) is 1. The fourth-order valence-corrected chi connectivity index (χ4v) is 2.09. The fourth-order valence-electron chi connectivity index (χ4n) is 2.09. The summed E-state index contributed by atoms with van der Waals surface area (Å²) in [6, 6.07) is 0.700. The topological polar surface area (TPSA) is 29.3 Å². The molecule has 1 fully saturated rings. The van der Waals surface area contributed by atoms with Crippen molar-refractivity contribution >= 4 is 0 Å². The van der Waals surface area contributed by atoms with Gasteiger partial charge in [-0.05, 0) is 57.9 Å². The zero-order chi connectivity index (χ0) is 11.3. The molecule has 2 nitrogen and oxygen atoms in total. The second-order valence-corrected chi connectivity index (χ2v) is 5.53. The van der Waals surface area contributed by atoms with Crippen LogP contribution in [0.5, 0.6) is 0 Å². The zero-order valence-corrected chi connectivity index (χ0v) is 10.7. The Morgan fingerprint density at radius 2 is 1.93 bits per heavy atom. The van der Waals surface area contributed by atoms with E-state index in [1.807, 2.05) is 0 Å². The second-order valence-electron chi connectivity index (χ2n) is 5.53. The Morgan fingerprint density at radius 1 is 1.27 bits per heavy atom. The average molecular weight is 212 g/mol. The van der Waals surface area contributed by atoms with Crippen LogP contribution in [0, 0.1) is 11.8 Å². The standard InChI is InChI=1S/C13H28N2/c1-11(2)15(10-13-6-7-13)9-12(3)5-4-8-14/h11-13H,4-10,14H2,1-3H3. The molecule has 0 saturated heterocycles. The highest BCUT2D eigenvalue weighted by molar-refractivity contribution is 4.79. The molecule has 1 saturated carbocycles. The predicted octanol–water partition coefficient (Wildman–Crippen LogP) is 2.48. The quantitative estimate of drug-likeness (QED) is 0.670. The van der Waals surface area contributed by atoms with E-state index < -0.39 is 0 Å². The number of nitrogens with zero attached hydrogens (tertiary/aromatic N) is 1. The summed E-state index contributed by atoms with van der Waals surface area (Å²) in [7, 11) is 0. The maximum absolute atomic E-state index is 5.54. The van der Waals surface area contributed by atoms with Gasteiger partial charge in [0.2, 0.25) is 0 Å². The Morgan fingerprint density at radius 3 is 2.40 bits per heavy atom. The van der Waals surface area contributed by atoms with Crippen LogP contribution in [0.15, 0.2) is 0 Å². The first kappa shape index (κ1) is 13.0. The third kappa shape index (κ3) is 5.53. The van der Waals surface area contributed by atoms with Gasteiger partial charge in [-0.1, -0.05) is 6.92 Å². The molecule has 1 rings (SSSR count). The monoisotopic (exact) mass is 212 g/mol. The molecule has 0 radical (unpaired) electrons. The highest BCUT2D eigenvalue weighted by Crippen LogP contribution is 2.30. The lowest BCUT2D eigenvalue weighted by atomic mass is 10.0. The summed E-state index contributed by atoms with van der Waals surface area (Å²) in [5.41, 5.74) is 5.54. The van der Waals surface area contributed by atoms with Gasteiger partial charge in [0.1, 0.15) is 0 Å². The smallest absolute Gasteiger partial charge is 0.00388 e. The molecule has 0 aromatic rings. The number of hydrogen-bond donors (Lipinski definition) is 1. The van der Waals surface area contributed by atoms with Crippen molar-refractivity contribution in [2.75, 3.05) is 19.6 Å². The molecular weight excluding hydrogens is 184 g/mol. The summed E-state index contributed by atoms with van der Waals surface area (Å²) in [5.74, 6) is 1.81. The van der Waals surface area contributed by atoms with Gasteiger partial charge in [-0.25, -0.2) is 0 Å². The van der Waals surface area contributed by atoms with Crippen molar-refractivity contribution in [2.24, 2.45) is 17.6 Å². The van der Waals surface area contributed by atoms with Crippen LogP contribution in [-0.4, -0.2) is 30.6 Å². The minimum absolute atomic E-state index is 0.700. The van der Waals surface area contributed by atoms with Crippen molar-refractivity contribution in [2.45, 2.75) is 52.5 Å². The van der Waals surface area contributed by atoms with Crippen LogP contribution in [0.25, 0.3) is 0 Å². The molecule has 0 amide bonds. The van der Waals surface area contributed by atoms with Gasteiger partial charge in [-0.15, -0.1) is 0 Å². The van der Waals surface area contributed by atoms with Crippen LogP contribution < -0.4 is 5.73 Å². The SMILES string of the molecule is CC(CCCN)CN(CC1CC1)C(C)C. The first-order valence-electron chi connectivity index (χ1n) is 6.57. The van der Waals surface area contributed by atoms with Gasteiger partial charge in [0.15, 0.2) is 0 Å². The average Bonchev–Trinajstić information content (AvgIpc) is 2.97. The normalized spacial score (nSPS) is 18.8. The molecule has 1 aliphatic carbocycles. The van der Waals surface area contributed by atoms with Crippen LogP contribution >= 0.6 is 0 Å². The molecule has 0 aliphatic heterocycles. The molecule has 15 heavy (non-hydrogen) atoms. The first-order chi connectivity index (χ1) is 7.13. The molecule has 2 heteroatoms. The van der Waals surface area contributed by atoms with E-state index in [9.17, 15) is 0 Å². The highest BCUT2D eigenvalue weighted by Gasteiger charge is 2.25. The summed E-state index contributed by atoms with van der Waals surface area (Å²) in [4.78, 5) is 2.65. The van der Waals surface area contributed by atoms with E-state index in [4.69, 9.17) is 5.73 Å². The van der Waals surface area contributed by atoms with E-state index in [0.717, 1.165) is 18.4 Å². The Kier molecular flexibility index (Phi) is 5.62. The minimum Gasteiger partial charge on any atom is -0.330 e. The predicted molar refractivity (Wildman–Crippen MR) is 66.9 cm³/mol. The molecule has 1 aliphatic rings. The maximum Gasteiger partial charge on any atom is 0.00388 e. The maximum atomic E-state index is 5.54. The van der Waals surface area contributed by atoms with Crippen molar-refractivity contribution in [3.8, 4) is 0 Å². The number of hydrogen-bond acceptors (Lipinski definition) is 2. The van der Waals surface area contributed by atoms with Crippen molar-refractivity contribution in [1.82, 2.24) is 4.90 Å². The molecule has 90 valence electrons. The Labute approximate surface area is 95.2 Å². The molecule has 0 aromatic carbocycles. The van der Waals surface area contributed by atoms with Gasteiger partial charge in [0, 0.05) is 19.1 Å². The van der Waals surface area contributed by atoms with Crippen molar-refractivity contribution in [3.05, 3.63) is 0 Å². The molecule has 0 bridgehead atoms. The van der Waals surface area contributed by atoms with Crippen LogP contribution in [0.1, 0.15) is 46.5 Å². The second kappa shape index (κ2) is 6.49. The third-order valence-electron chi connectivity index (χ3n) is 3.37. The zero-order valence-electron chi connectivity index (χ0n) is 10.7. The molecule has 0 heterocycles. The largest absolute Gasteiger partial charge is 0.330 e. The Bertz CT molecular complexity index is 164. The van der Waals surface area contributed by atoms with E-state index in [1.54, 1.807) is 0 Å². The van der Waals surface area contributed by atoms with Gasteiger partial charge in [0.05, 0.1) is 0 Å². The molecule has 2 N–H and O–H groups in total. The van der Waals surface area contributed by atoms with E-state index in [0.29, 0.717) is 6.04 Å². The Hall–Kier alpha value is -0.0800. The van der Waals surface area contributed by atoms with Crippen LogP contribution in [0.2, 0.25) is 0 Å². The summed E-state index contributed by atoms with van der Waals surface area (Å²) in [6.45, 7) is 10.4. The van der Waals surface area contributed by atoms with Gasteiger partial charge < -0.3 is 10.6 Å². The van der Waals surface area contributed by atoms with Gasteiger partial charge in [-0.2, -0.15) is 0 Å². The fraction of sp³-hybridized carbons (Fsp3) is 1.00. The first-order valence-corrected chi connectivity index (χ1v) is 6.57. The van der Waals surface area contributed by atoms with Crippen molar-refractivity contribution in [3.63, 3.8) is 0 Å². The lowest BCUT2D eigenvalue weighted by Gasteiger charge is -2.29. The third-order valence-corrected chi connectivity index (χ3v) is 3.37. The van der Waals surface area contributed by atoms with Crippen LogP contribution in [0.4, 0.5) is 0 Å². The molecule has 1 unspecified atom stereocenters. The minimum atomic E-state index is 0.700. The van der Waals surface area contributed by atoms with E-state index in [-0.39, 0.29) is 0 Å². The van der Waals surface area contributed by atoms with Crippen molar-refractivity contribution < 1.29 is 0 Å². The Balaban J connectivity index is 2.22. The van der Waals surface area contributed by atoms with Gasteiger partial charge in [-0.3, -0.25) is 0 Å². The van der Waals surface area contributed by atoms with Gasteiger partial charge >= 0.3 is 0 Å². The summed E-state index contributed by atoms with van der Waals surface area (Å²) >= 11 is 0. The van der Waals surface area contributed by atoms with E-state index in [1.165, 1.54) is 38.8 Å². The highest BCUT2D eigenvalue weighted by atomic mass is 15.1. The molecule has 0 aromatic heterocycles. The molecular formula is C13H28N2. The number of rotatable bonds is 8. The van der Waals surface area contributed by atoms with E-state index in [2.05, 4.69) is 25.7 Å². The summed E-state index contributed by atoms with van der Waals surface area (Å²) < 4.78 is 0.